The number of likely N-dealkylation sites (N-methyl/N-ethyl adjacent to an activating group) is 1. The zero-order chi connectivity index (χ0) is 23.4. The van der Waals surface area contributed by atoms with Crippen LogP contribution in [0.25, 0.3) is 5.69 Å². The summed E-state index contributed by atoms with van der Waals surface area (Å²) in [5.41, 5.74) is 1.64. The van der Waals surface area contributed by atoms with Gasteiger partial charge in [-0.25, -0.2) is 14.6 Å². The highest BCUT2D eigenvalue weighted by molar-refractivity contribution is 6.31. The lowest BCUT2D eigenvalue weighted by atomic mass is 10.1. The van der Waals surface area contributed by atoms with Gasteiger partial charge in [0.25, 0.3) is 0 Å². The minimum atomic E-state index is -0.645. The predicted octanol–water partition coefficient (Wildman–Crippen LogP) is 3.95. The van der Waals surface area contributed by atoms with Crippen molar-refractivity contribution in [3.63, 3.8) is 0 Å². The molecule has 0 N–H and O–H groups in total. The molecule has 8 nitrogen and oxygen atoms in total. The Kier molecular flexibility index (Phi) is 5.71. The predicted molar refractivity (Wildman–Crippen MR) is 124 cm³/mol. The number of imidazole rings is 1. The van der Waals surface area contributed by atoms with E-state index in [-0.39, 0.29) is 30.4 Å². The number of carbonyl (C=O) groups excluding carboxylic acids is 2. The molecular weight excluding hydrogens is 430 g/mol. The van der Waals surface area contributed by atoms with Gasteiger partial charge in [-0.15, -0.1) is 0 Å². The molecule has 2 aliphatic heterocycles. The van der Waals surface area contributed by atoms with Crippen LogP contribution in [0.4, 0.5) is 10.5 Å². The van der Waals surface area contributed by atoms with Gasteiger partial charge in [-0.2, -0.15) is 0 Å². The van der Waals surface area contributed by atoms with Gasteiger partial charge in [-0.3, -0.25) is 9.47 Å². The fourth-order valence-electron chi connectivity index (χ4n) is 4.65. The summed E-state index contributed by atoms with van der Waals surface area (Å²) in [7, 11) is 2.07. The smallest absolute Gasteiger partial charge is 0.359 e. The van der Waals surface area contributed by atoms with E-state index in [0.717, 1.165) is 18.8 Å². The summed E-state index contributed by atoms with van der Waals surface area (Å²) in [5, 5.41) is 0.539. The largest absolute Gasteiger partial charge is 0.455 e. The number of hydrogen-bond acceptors (Lipinski definition) is 5. The minimum Gasteiger partial charge on any atom is -0.455 e. The molecule has 1 saturated heterocycles. The molecule has 32 heavy (non-hydrogen) atoms. The Hall–Kier alpha value is -2.58. The zero-order valence-corrected chi connectivity index (χ0v) is 20.2. The monoisotopic (exact) mass is 459 g/mol. The average molecular weight is 460 g/mol. The Morgan fingerprint density at radius 2 is 1.78 bits per heavy atom. The number of rotatable bonds is 1. The van der Waals surface area contributed by atoms with Crippen molar-refractivity contribution >= 4 is 29.3 Å². The lowest BCUT2D eigenvalue weighted by Gasteiger charge is -2.45. The van der Waals surface area contributed by atoms with Gasteiger partial charge in [0.05, 0.1) is 23.6 Å². The maximum Gasteiger partial charge on any atom is 0.359 e. The molecule has 4 rings (SSSR count). The van der Waals surface area contributed by atoms with Crippen LogP contribution in [0.2, 0.25) is 5.02 Å². The van der Waals surface area contributed by atoms with Crippen LogP contribution < -0.4 is 4.90 Å². The van der Waals surface area contributed by atoms with E-state index in [1.54, 1.807) is 23.4 Å². The lowest BCUT2D eigenvalue weighted by molar-refractivity contribution is 0.00617. The molecule has 2 amide bonds. The number of nitrogens with zero attached hydrogens (tertiary/aromatic N) is 5. The number of carbonyl (C=O) groups is 2. The SMILES string of the molecule is C[C@@H]1CN(C)C[C@H](C)N1C(=O)N1Cc2c(C(=O)OC(C)(C)C)ncn2-c2ccc(Cl)cc21. The molecule has 2 aliphatic rings. The fraction of sp³-hybridized carbons (Fsp3) is 0.522. The quantitative estimate of drug-likeness (QED) is 0.604. The molecule has 0 aliphatic carbocycles. The zero-order valence-electron chi connectivity index (χ0n) is 19.4. The lowest BCUT2D eigenvalue weighted by Crippen LogP contribution is -2.61. The van der Waals surface area contributed by atoms with Crippen molar-refractivity contribution in [2.24, 2.45) is 0 Å². The van der Waals surface area contributed by atoms with E-state index in [1.807, 2.05) is 36.3 Å². The normalized spacial score (nSPS) is 21.2. The number of anilines is 1. The van der Waals surface area contributed by atoms with Crippen LogP contribution in [0.15, 0.2) is 24.5 Å². The van der Waals surface area contributed by atoms with E-state index in [4.69, 9.17) is 16.3 Å². The molecule has 0 unspecified atom stereocenters. The second-order valence-electron chi connectivity index (χ2n) is 9.74. The summed E-state index contributed by atoms with van der Waals surface area (Å²) < 4.78 is 7.40. The number of benzene rings is 1. The second-order valence-corrected chi connectivity index (χ2v) is 10.2. The first-order chi connectivity index (χ1) is 15.0. The summed E-state index contributed by atoms with van der Waals surface area (Å²) in [6.07, 6.45) is 1.60. The summed E-state index contributed by atoms with van der Waals surface area (Å²) in [4.78, 5) is 36.9. The molecule has 1 aromatic heterocycles. The molecule has 3 heterocycles. The highest BCUT2D eigenvalue weighted by Crippen LogP contribution is 2.37. The number of urea groups is 1. The molecule has 0 bridgehead atoms. The van der Waals surface area contributed by atoms with Gasteiger partial charge in [0.15, 0.2) is 5.69 Å². The minimum absolute atomic E-state index is 0.0519. The Bertz CT molecular complexity index is 1050. The Balaban J connectivity index is 1.76. The van der Waals surface area contributed by atoms with E-state index < -0.39 is 11.6 Å². The van der Waals surface area contributed by atoms with Crippen LogP contribution in [0.1, 0.15) is 50.8 Å². The van der Waals surface area contributed by atoms with Crippen LogP contribution in [0.3, 0.4) is 0 Å². The van der Waals surface area contributed by atoms with Gasteiger partial charge < -0.3 is 14.5 Å². The first-order valence-corrected chi connectivity index (χ1v) is 11.2. The highest BCUT2D eigenvalue weighted by Gasteiger charge is 2.38. The third kappa shape index (κ3) is 4.09. The Labute approximate surface area is 193 Å². The third-order valence-electron chi connectivity index (χ3n) is 5.81. The maximum atomic E-state index is 13.8. The molecular formula is C23H30ClN5O3. The van der Waals surface area contributed by atoms with E-state index >= 15 is 0 Å². The number of piperazine rings is 1. The Morgan fingerprint density at radius 3 is 2.41 bits per heavy atom. The van der Waals surface area contributed by atoms with Gasteiger partial charge in [0.1, 0.15) is 11.9 Å². The number of halogens is 1. The van der Waals surface area contributed by atoms with Crippen LogP contribution in [0, 0.1) is 0 Å². The molecule has 0 radical (unpaired) electrons. The molecule has 172 valence electrons. The van der Waals surface area contributed by atoms with E-state index in [1.165, 1.54) is 0 Å². The van der Waals surface area contributed by atoms with E-state index in [9.17, 15) is 9.59 Å². The van der Waals surface area contributed by atoms with Gasteiger partial charge >= 0.3 is 12.0 Å². The van der Waals surface area contributed by atoms with E-state index in [0.29, 0.717) is 16.4 Å². The van der Waals surface area contributed by atoms with Crippen LogP contribution in [0.5, 0.6) is 0 Å². The average Bonchev–Trinajstić information content (AvgIpc) is 3.09. The van der Waals surface area contributed by atoms with Crippen LogP contribution >= 0.6 is 11.6 Å². The molecule has 2 atom stereocenters. The van der Waals surface area contributed by atoms with Gasteiger partial charge in [0.2, 0.25) is 0 Å². The molecule has 0 spiro atoms. The first kappa shape index (κ1) is 22.6. The van der Waals surface area contributed by atoms with Crippen molar-refractivity contribution in [2.45, 2.75) is 58.8 Å². The van der Waals surface area contributed by atoms with Crippen molar-refractivity contribution in [2.75, 3.05) is 25.0 Å². The van der Waals surface area contributed by atoms with Gasteiger partial charge in [-0.1, -0.05) is 11.6 Å². The van der Waals surface area contributed by atoms with E-state index in [2.05, 4.69) is 30.8 Å². The fourth-order valence-corrected chi connectivity index (χ4v) is 4.82. The standard InChI is InChI=1S/C23H30ClN5O3/c1-14-10-26(6)11-15(2)29(14)22(31)27-12-19-20(21(30)32-23(3,4)5)25-13-28(19)17-8-7-16(24)9-18(17)27/h7-9,13-15H,10-12H2,1-6H3/t14-,15+. The number of aromatic nitrogens is 2. The summed E-state index contributed by atoms with van der Waals surface area (Å²) in [6, 6.07) is 5.40. The number of ether oxygens (including phenoxy) is 1. The number of fused-ring (bicyclic) bond motifs is 3. The van der Waals surface area contributed by atoms with Crippen molar-refractivity contribution < 1.29 is 14.3 Å². The summed E-state index contributed by atoms with van der Waals surface area (Å²) in [5.74, 6) is -0.502. The molecule has 1 aromatic carbocycles. The molecule has 2 aromatic rings. The first-order valence-electron chi connectivity index (χ1n) is 10.8. The number of amides is 2. The highest BCUT2D eigenvalue weighted by atomic mass is 35.5. The number of esters is 1. The van der Waals surface area contributed by atoms with Gasteiger partial charge in [0, 0.05) is 30.2 Å². The topological polar surface area (TPSA) is 70.9 Å². The van der Waals surface area contributed by atoms with Crippen molar-refractivity contribution in [3.05, 3.63) is 40.9 Å². The Morgan fingerprint density at radius 1 is 1.12 bits per heavy atom. The second kappa shape index (κ2) is 8.08. The van der Waals surface area contributed by atoms with Crippen molar-refractivity contribution in [3.8, 4) is 5.69 Å². The van der Waals surface area contributed by atoms with Crippen LogP contribution in [-0.2, 0) is 11.3 Å². The van der Waals surface area contributed by atoms with Crippen molar-refractivity contribution in [1.29, 1.82) is 0 Å². The summed E-state index contributed by atoms with van der Waals surface area (Å²) in [6.45, 7) is 11.4. The van der Waals surface area contributed by atoms with Crippen molar-refractivity contribution in [1.82, 2.24) is 19.4 Å². The third-order valence-corrected chi connectivity index (χ3v) is 6.04. The number of hydrogen-bond donors (Lipinski definition) is 0. The molecule has 1 fully saturated rings. The van der Waals surface area contributed by atoms with Crippen LogP contribution in [-0.4, -0.2) is 69.2 Å². The van der Waals surface area contributed by atoms with Gasteiger partial charge in [-0.05, 0) is 59.9 Å². The molecule has 9 heteroatoms. The maximum absolute atomic E-state index is 13.8. The summed E-state index contributed by atoms with van der Waals surface area (Å²) >= 11 is 6.31. The molecule has 0 saturated carbocycles.